The van der Waals surface area contributed by atoms with Crippen molar-refractivity contribution in [2.24, 2.45) is 0 Å². The molecule has 0 spiro atoms. The monoisotopic (exact) mass is 461 g/mol. The van der Waals surface area contributed by atoms with Crippen molar-refractivity contribution in [2.45, 2.75) is 13.0 Å². The molecule has 0 fully saturated rings. The highest BCUT2D eigenvalue weighted by molar-refractivity contribution is 7.15. The molecular weight excluding hydrogens is 442 g/mol. The Morgan fingerprint density at radius 1 is 1.06 bits per heavy atom. The van der Waals surface area contributed by atoms with Gasteiger partial charge >= 0.3 is 0 Å². The second-order valence-electron chi connectivity index (χ2n) is 7.45. The maximum absolute atomic E-state index is 13.1. The van der Waals surface area contributed by atoms with Crippen molar-refractivity contribution >= 4 is 33.8 Å². The van der Waals surface area contributed by atoms with Crippen molar-refractivity contribution in [3.63, 3.8) is 0 Å². The predicted molar refractivity (Wildman–Crippen MR) is 127 cm³/mol. The number of rotatable bonds is 7. The normalized spacial score (nSPS) is 11.2. The van der Waals surface area contributed by atoms with Gasteiger partial charge in [-0.3, -0.25) is 9.20 Å². The fraction of sp³-hybridized carbons (Fsp3) is 0.120. The number of amides is 1. The average molecular weight is 462 g/mol. The number of fused-ring (bicyclic) bond motifs is 1. The number of hydrogen-bond donors (Lipinski definition) is 0. The molecule has 0 aliphatic heterocycles. The van der Waals surface area contributed by atoms with Crippen molar-refractivity contribution < 1.29 is 9.21 Å². The molecule has 0 unspecified atom stereocenters. The van der Waals surface area contributed by atoms with Gasteiger partial charge in [0.05, 0.1) is 12.0 Å². The second kappa shape index (κ2) is 9.02. The Labute approximate surface area is 194 Å². The van der Waals surface area contributed by atoms with Gasteiger partial charge in [0, 0.05) is 47.4 Å². The van der Waals surface area contributed by atoms with Crippen molar-refractivity contribution in [1.82, 2.24) is 14.3 Å². The summed E-state index contributed by atoms with van der Waals surface area (Å²) in [5.41, 5.74) is 4.12. The standard InChI is InChI=1S/C25H20ClN3O2S/c26-20-10-8-19(9-11-20)22-16-29-21(17-32-25(29)27-22)12-13-28(15-18-5-2-1-3-6-18)24(30)23-7-4-14-31-23/h1-11,14,16-17H,12-13,15H2. The van der Waals surface area contributed by atoms with Crippen LogP contribution in [-0.2, 0) is 13.0 Å². The highest BCUT2D eigenvalue weighted by Crippen LogP contribution is 2.25. The van der Waals surface area contributed by atoms with Crippen LogP contribution in [-0.4, -0.2) is 26.7 Å². The Balaban J connectivity index is 1.37. The van der Waals surface area contributed by atoms with Gasteiger partial charge in [-0.25, -0.2) is 4.98 Å². The van der Waals surface area contributed by atoms with E-state index in [-0.39, 0.29) is 5.91 Å². The van der Waals surface area contributed by atoms with Gasteiger partial charge in [0.2, 0.25) is 0 Å². The molecule has 0 bridgehead atoms. The first-order chi connectivity index (χ1) is 15.7. The van der Waals surface area contributed by atoms with Gasteiger partial charge < -0.3 is 9.32 Å². The Hall–Kier alpha value is -3.35. The van der Waals surface area contributed by atoms with Crippen LogP contribution < -0.4 is 0 Å². The number of halogens is 1. The highest BCUT2D eigenvalue weighted by atomic mass is 35.5. The van der Waals surface area contributed by atoms with E-state index in [0.29, 0.717) is 30.3 Å². The van der Waals surface area contributed by atoms with Gasteiger partial charge in [-0.2, -0.15) is 0 Å². The lowest BCUT2D eigenvalue weighted by Crippen LogP contribution is -2.32. The van der Waals surface area contributed by atoms with Gasteiger partial charge in [0.15, 0.2) is 10.7 Å². The van der Waals surface area contributed by atoms with Crippen LogP contribution in [0.2, 0.25) is 5.02 Å². The summed E-state index contributed by atoms with van der Waals surface area (Å²) in [6, 6.07) is 21.1. The first-order valence-corrected chi connectivity index (χ1v) is 11.5. The first kappa shape index (κ1) is 20.5. The summed E-state index contributed by atoms with van der Waals surface area (Å²) in [5.74, 6) is 0.238. The maximum atomic E-state index is 13.1. The summed E-state index contributed by atoms with van der Waals surface area (Å²) >= 11 is 7.61. The van der Waals surface area contributed by atoms with Crippen LogP contribution in [0.5, 0.6) is 0 Å². The van der Waals surface area contributed by atoms with Gasteiger partial charge in [0.1, 0.15) is 0 Å². The zero-order chi connectivity index (χ0) is 21.9. The van der Waals surface area contributed by atoms with E-state index in [1.807, 2.05) is 65.7 Å². The Kier molecular flexibility index (Phi) is 5.79. The molecule has 2 aromatic carbocycles. The highest BCUT2D eigenvalue weighted by Gasteiger charge is 2.19. The summed E-state index contributed by atoms with van der Waals surface area (Å²) in [7, 11) is 0. The van der Waals surface area contributed by atoms with E-state index >= 15 is 0 Å². The minimum absolute atomic E-state index is 0.113. The van der Waals surface area contributed by atoms with Crippen molar-refractivity contribution in [2.75, 3.05) is 6.54 Å². The predicted octanol–water partition coefficient (Wildman–Crippen LogP) is 6.19. The van der Waals surface area contributed by atoms with Crippen molar-refractivity contribution in [3.05, 3.63) is 107 Å². The molecule has 0 saturated heterocycles. The van der Waals surface area contributed by atoms with E-state index in [1.165, 1.54) is 6.26 Å². The Bertz CT molecular complexity index is 1330. The fourth-order valence-electron chi connectivity index (χ4n) is 3.63. The van der Waals surface area contributed by atoms with Crippen molar-refractivity contribution in [3.8, 4) is 11.3 Å². The molecule has 32 heavy (non-hydrogen) atoms. The minimum atomic E-state index is -0.113. The molecule has 0 aliphatic rings. The quantitative estimate of drug-likeness (QED) is 0.290. The molecule has 0 aliphatic carbocycles. The number of hydrogen-bond acceptors (Lipinski definition) is 4. The molecule has 0 radical (unpaired) electrons. The van der Waals surface area contributed by atoms with Crippen LogP contribution in [0.1, 0.15) is 21.8 Å². The van der Waals surface area contributed by atoms with Crippen LogP contribution in [0, 0.1) is 0 Å². The molecule has 1 amide bonds. The molecular formula is C25H20ClN3O2S. The number of carbonyl (C=O) groups excluding carboxylic acids is 1. The van der Waals surface area contributed by atoms with E-state index in [2.05, 4.69) is 9.78 Å². The molecule has 0 N–H and O–H groups in total. The Morgan fingerprint density at radius 2 is 1.88 bits per heavy atom. The van der Waals surface area contributed by atoms with Gasteiger partial charge in [-0.15, -0.1) is 11.3 Å². The van der Waals surface area contributed by atoms with Crippen molar-refractivity contribution in [1.29, 1.82) is 0 Å². The summed E-state index contributed by atoms with van der Waals surface area (Å²) in [6.45, 7) is 1.09. The number of benzene rings is 2. The van der Waals surface area contributed by atoms with Gasteiger partial charge in [0.25, 0.3) is 5.91 Å². The third-order valence-electron chi connectivity index (χ3n) is 5.30. The number of furan rings is 1. The lowest BCUT2D eigenvalue weighted by molar-refractivity contribution is 0.0712. The smallest absolute Gasteiger partial charge is 0.289 e. The average Bonchev–Trinajstić information content (AvgIpc) is 3.56. The number of aromatic nitrogens is 2. The molecule has 3 heterocycles. The Morgan fingerprint density at radius 3 is 2.62 bits per heavy atom. The van der Waals surface area contributed by atoms with Crippen LogP contribution >= 0.6 is 22.9 Å². The number of nitrogens with zero attached hydrogens (tertiary/aromatic N) is 3. The minimum Gasteiger partial charge on any atom is -0.459 e. The summed E-state index contributed by atoms with van der Waals surface area (Å²) in [5, 5.41) is 2.81. The summed E-state index contributed by atoms with van der Waals surface area (Å²) in [6.07, 6.45) is 4.27. The van der Waals surface area contributed by atoms with E-state index in [9.17, 15) is 4.79 Å². The number of thiazole rings is 1. The van der Waals surface area contributed by atoms with E-state index < -0.39 is 0 Å². The van der Waals surface area contributed by atoms with E-state index in [1.54, 1.807) is 23.5 Å². The summed E-state index contributed by atoms with van der Waals surface area (Å²) < 4.78 is 7.47. The third-order valence-corrected chi connectivity index (χ3v) is 6.44. The molecule has 0 atom stereocenters. The molecule has 5 rings (SSSR count). The molecule has 5 nitrogen and oxygen atoms in total. The fourth-order valence-corrected chi connectivity index (χ4v) is 4.66. The lowest BCUT2D eigenvalue weighted by atomic mass is 10.2. The SMILES string of the molecule is O=C(c1ccco1)N(CCc1csc2nc(-c3ccc(Cl)cc3)cn12)Cc1ccccc1. The van der Waals surface area contributed by atoms with E-state index in [0.717, 1.165) is 27.5 Å². The molecule has 5 aromatic rings. The molecule has 160 valence electrons. The van der Waals surface area contributed by atoms with Gasteiger partial charge in [-0.1, -0.05) is 54.1 Å². The van der Waals surface area contributed by atoms with Crippen LogP contribution in [0.25, 0.3) is 16.2 Å². The third kappa shape index (κ3) is 4.33. The zero-order valence-electron chi connectivity index (χ0n) is 17.1. The number of imidazole rings is 1. The molecule has 3 aromatic heterocycles. The van der Waals surface area contributed by atoms with E-state index in [4.69, 9.17) is 21.0 Å². The topological polar surface area (TPSA) is 50.8 Å². The van der Waals surface area contributed by atoms with Crippen LogP contribution in [0.3, 0.4) is 0 Å². The van der Waals surface area contributed by atoms with Gasteiger partial charge in [-0.05, 0) is 29.8 Å². The molecule has 0 saturated carbocycles. The first-order valence-electron chi connectivity index (χ1n) is 10.3. The molecule has 7 heteroatoms. The maximum Gasteiger partial charge on any atom is 0.289 e. The largest absolute Gasteiger partial charge is 0.459 e. The zero-order valence-corrected chi connectivity index (χ0v) is 18.7. The second-order valence-corrected chi connectivity index (χ2v) is 8.73. The van der Waals surface area contributed by atoms with Crippen LogP contribution in [0.15, 0.2) is 89.0 Å². The van der Waals surface area contributed by atoms with Crippen LogP contribution in [0.4, 0.5) is 0 Å². The number of carbonyl (C=O) groups is 1. The summed E-state index contributed by atoms with van der Waals surface area (Å²) in [4.78, 5) is 20.6. The lowest BCUT2D eigenvalue weighted by Gasteiger charge is -2.21.